The van der Waals surface area contributed by atoms with Gasteiger partial charge in [0.15, 0.2) is 5.82 Å². The van der Waals surface area contributed by atoms with E-state index in [1.165, 1.54) is 12.8 Å². The average Bonchev–Trinajstić information content (AvgIpc) is 3.24. The van der Waals surface area contributed by atoms with Crippen LogP contribution in [-0.4, -0.2) is 54.4 Å². The Kier molecular flexibility index (Phi) is 8.10. The lowest BCUT2D eigenvalue weighted by Crippen LogP contribution is -2.46. The van der Waals surface area contributed by atoms with Gasteiger partial charge in [-0.3, -0.25) is 4.90 Å². The van der Waals surface area contributed by atoms with Gasteiger partial charge in [0.25, 0.3) is 0 Å². The van der Waals surface area contributed by atoms with Gasteiger partial charge in [0.05, 0.1) is 18.8 Å². The largest absolute Gasteiger partial charge is 0.379 e. The fourth-order valence-electron chi connectivity index (χ4n) is 3.78. The number of ether oxygens (including phenoxy) is 1. The molecule has 1 aromatic rings. The molecular weight excluding hydrogens is 431 g/mol. The van der Waals surface area contributed by atoms with E-state index < -0.39 is 0 Å². The van der Waals surface area contributed by atoms with E-state index in [4.69, 9.17) is 14.2 Å². The van der Waals surface area contributed by atoms with Crippen LogP contribution in [0.4, 0.5) is 0 Å². The second-order valence-corrected chi connectivity index (χ2v) is 7.80. The van der Waals surface area contributed by atoms with Crippen molar-refractivity contribution in [3.8, 4) is 0 Å². The van der Waals surface area contributed by atoms with Gasteiger partial charge < -0.3 is 14.6 Å². The number of aromatic nitrogens is 2. The zero-order valence-corrected chi connectivity index (χ0v) is 18.1. The van der Waals surface area contributed by atoms with E-state index in [1.807, 2.05) is 0 Å². The predicted octanol–water partition coefficient (Wildman–Crippen LogP) is 3.14. The molecule has 1 aromatic heterocycles. The third-order valence-corrected chi connectivity index (χ3v) is 5.28. The fourth-order valence-corrected chi connectivity index (χ4v) is 3.78. The average molecular weight is 464 g/mol. The molecule has 0 spiro atoms. The molecule has 25 heavy (non-hydrogen) atoms. The van der Waals surface area contributed by atoms with Gasteiger partial charge in [0.2, 0.25) is 5.89 Å². The van der Waals surface area contributed by atoms with Crippen molar-refractivity contribution in [2.75, 3.05) is 39.4 Å². The topological polar surface area (TPSA) is 63.4 Å². The quantitative estimate of drug-likeness (QED) is 0.626. The normalized spacial score (nSPS) is 22.1. The molecule has 1 N–H and O–H groups in total. The Balaban J connectivity index is 0.00000225. The standard InChI is InChI=1S/C18H32N4O2.HI/c1-14(2)16-20-17(21-24-16)18(6-4-5-7-18)19-12-15(3)13-22-8-10-23-11-9-22;/h14-15,19H,4-13H2,1-3H3;1H. The van der Waals surface area contributed by atoms with E-state index in [-0.39, 0.29) is 35.4 Å². The highest BCUT2D eigenvalue weighted by molar-refractivity contribution is 14.0. The Morgan fingerprint density at radius 1 is 1.16 bits per heavy atom. The molecule has 1 aliphatic heterocycles. The van der Waals surface area contributed by atoms with Crippen LogP contribution in [0.3, 0.4) is 0 Å². The van der Waals surface area contributed by atoms with Crippen molar-refractivity contribution in [1.82, 2.24) is 20.4 Å². The second-order valence-electron chi connectivity index (χ2n) is 7.80. The van der Waals surface area contributed by atoms with Gasteiger partial charge in [-0.2, -0.15) is 4.98 Å². The smallest absolute Gasteiger partial charge is 0.229 e. The molecule has 2 fully saturated rings. The molecule has 3 rings (SSSR count). The molecule has 1 unspecified atom stereocenters. The van der Waals surface area contributed by atoms with Gasteiger partial charge >= 0.3 is 0 Å². The summed E-state index contributed by atoms with van der Waals surface area (Å²) < 4.78 is 10.9. The van der Waals surface area contributed by atoms with Crippen LogP contribution in [-0.2, 0) is 10.3 Å². The first-order valence-electron chi connectivity index (χ1n) is 9.48. The number of nitrogens with zero attached hydrogens (tertiary/aromatic N) is 3. The highest BCUT2D eigenvalue weighted by atomic mass is 127. The summed E-state index contributed by atoms with van der Waals surface area (Å²) >= 11 is 0. The summed E-state index contributed by atoms with van der Waals surface area (Å²) in [4.78, 5) is 7.19. The molecule has 1 aliphatic carbocycles. The van der Waals surface area contributed by atoms with Gasteiger partial charge in [-0.1, -0.05) is 38.8 Å². The van der Waals surface area contributed by atoms with E-state index >= 15 is 0 Å². The maximum absolute atomic E-state index is 5.47. The molecule has 2 aliphatic rings. The molecule has 0 aromatic carbocycles. The predicted molar refractivity (Wildman–Crippen MR) is 108 cm³/mol. The van der Waals surface area contributed by atoms with Gasteiger partial charge in [-0.15, -0.1) is 24.0 Å². The van der Waals surface area contributed by atoms with Gasteiger partial charge in [0, 0.05) is 25.6 Å². The lowest BCUT2D eigenvalue weighted by molar-refractivity contribution is 0.0312. The number of morpholine rings is 1. The van der Waals surface area contributed by atoms with Crippen LogP contribution in [0.25, 0.3) is 0 Å². The van der Waals surface area contributed by atoms with Crippen LogP contribution in [0, 0.1) is 5.92 Å². The second kappa shape index (κ2) is 9.62. The first kappa shape index (κ1) is 21.1. The van der Waals surface area contributed by atoms with Crippen molar-refractivity contribution in [2.45, 2.75) is 57.9 Å². The van der Waals surface area contributed by atoms with Crippen molar-refractivity contribution in [2.24, 2.45) is 5.92 Å². The molecule has 6 nitrogen and oxygen atoms in total. The van der Waals surface area contributed by atoms with Crippen molar-refractivity contribution in [3.05, 3.63) is 11.7 Å². The van der Waals surface area contributed by atoms with Crippen LogP contribution < -0.4 is 5.32 Å². The molecule has 1 atom stereocenters. The summed E-state index contributed by atoms with van der Waals surface area (Å²) in [6.07, 6.45) is 4.68. The highest BCUT2D eigenvalue weighted by Crippen LogP contribution is 2.37. The van der Waals surface area contributed by atoms with Crippen LogP contribution >= 0.6 is 24.0 Å². The van der Waals surface area contributed by atoms with Gasteiger partial charge in [-0.05, 0) is 25.3 Å². The minimum atomic E-state index is -0.0874. The molecule has 2 heterocycles. The van der Waals surface area contributed by atoms with Crippen molar-refractivity contribution in [3.63, 3.8) is 0 Å². The van der Waals surface area contributed by atoms with E-state index in [1.54, 1.807) is 0 Å². The number of hydrogen-bond donors (Lipinski definition) is 1. The summed E-state index contributed by atoms with van der Waals surface area (Å²) in [5.74, 6) is 2.49. The SMILES string of the molecule is CC(CNC1(c2noc(C(C)C)n2)CCCC1)CN1CCOCC1.I. The zero-order chi connectivity index (χ0) is 17.0. The van der Waals surface area contributed by atoms with Gasteiger partial charge in [-0.25, -0.2) is 0 Å². The summed E-state index contributed by atoms with van der Waals surface area (Å²) in [6, 6.07) is 0. The van der Waals surface area contributed by atoms with Crippen LogP contribution in [0.1, 0.15) is 64.1 Å². The Bertz CT molecular complexity index is 511. The molecule has 144 valence electrons. The third-order valence-electron chi connectivity index (χ3n) is 5.28. The molecule has 0 amide bonds. The van der Waals surface area contributed by atoms with Crippen molar-refractivity contribution < 1.29 is 9.26 Å². The van der Waals surface area contributed by atoms with E-state index in [0.29, 0.717) is 5.92 Å². The Hall–Kier alpha value is -0.250. The molecule has 1 saturated carbocycles. The zero-order valence-electron chi connectivity index (χ0n) is 15.8. The Labute approximate surface area is 168 Å². The lowest BCUT2D eigenvalue weighted by Gasteiger charge is -2.32. The molecular formula is C18H33IN4O2. The monoisotopic (exact) mass is 464 g/mol. The lowest BCUT2D eigenvalue weighted by atomic mass is 9.95. The van der Waals surface area contributed by atoms with E-state index in [0.717, 1.165) is 63.9 Å². The minimum absolute atomic E-state index is 0. The van der Waals surface area contributed by atoms with E-state index in [9.17, 15) is 0 Å². The first-order chi connectivity index (χ1) is 11.6. The van der Waals surface area contributed by atoms with Crippen LogP contribution in [0.15, 0.2) is 4.52 Å². The van der Waals surface area contributed by atoms with Crippen molar-refractivity contribution >= 4 is 24.0 Å². The fraction of sp³-hybridized carbons (Fsp3) is 0.889. The number of rotatable bonds is 7. The molecule has 7 heteroatoms. The van der Waals surface area contributed by atoms with Gasteiger partial charge in [0.1, 0.15) is 0 Å². The third kappa shape index (κ3) is 5.37. The molecule has 0 radical (unpaired) electrons. The Morgan fingerprint density at radius 2 is 1.84 bits per heavy atom. The summed E-state index contributed by atoms with van der Waals surface area (Å²) in [5, 5.41) is 8.12. The first-order valence-corrected chi connectivity index (χ1v) is 9.48. The summed E-state index contributed by atoms with van der Waals surface area (Å²) in [7, 11) is 0. The molecule has 0 bridgehead atoms. The van der Waals surface area contributed by atoms with Crippen LogP contribution in [0.2, 0.25) is 0 Å². The number of hydrogen-bond acceptors (Lipinski definition) is 6. The maximum atomic E-state index is 5.47. The number of halogens is 1. The maximum Gasteiger partial charge on any atom is 0.229 e. The van der Waals surface area contributed by atoms with Crippen molar-refractivity contribution in [1.29, 1.82) is 0 Å². The Morgan fingerprint density at radius 3 is 2.44 bits per heavy atom. The van der Waals surface area contributed by atoms with Crippen LogP contribution in [0.5, 0.6) is 0 Å². The highest BCUT2D eigenvalue weighted by Gasteiger charge is 2.40. The minimum Gasteiger partial charge on any atom is -0.379 e. The number of nitrogens with one attached hydrogen (secondary N) is 1. The summed E-state index contributed by atoms with van der Waals surface area (Å²) in [6.45, 7) is 12.5. The van der Waals surface area contributed by atoms with E-state index in [2.05, 4.69) is 36.1 Å². The molecule has 1 saturated heterocycles. The summed E-state index contributed by atoms with van der Waals surface area (Å²) in [5.41, 5.74) is -0.0874.